The Balaban J connectivity index is 2.62. The van der Waals surface area contributed by atoms with Crippen molar-refractivity contribution in [3.8, 4) is 5.75 Å². The molecule has 1 heterocycles. The fraction of sp³-hybridized carbons (Fsp3) is 0.417. The summed E-state index contributed by atoms with van der Waals surface area (Å²) in [5.41, 5.74) is 2.04. The van der Waals surface area contributed by atoms with Crippen molar-refractivity contribution in [1.82, 2.24) is 0 Å². The van der Waals surface area contributed by atoms with Gasteiger partial charge in [0.25, 0.3) is 0 Å². The quantitative estimate of drug-likeness (QED) is 0.762. The molecular weight excluding hydrogens is 188 g/mol. The molecule has 1 aliphatic rings. The Bertz CT molecular complexity index is 424. The van der Waals surface area contributed by atoms with E-state index in [0.717, 1.165) is 17.0 Å². The Morgan fingerprint density at radius 1 is 1.33 bits per heavy atom. The molecular formula is C12H16N2O. The van der Waals surface area contributed by atoms with Gasteiger partial charge >= 0.3 is 0 Å². The second-order valence-electron chi connectivity index (χ2n) is 4.42. The van der Waals surface area contributed by atoms with Crippen molar-refractivity contribution in [2.45, 2.75) is 19.3 Å². The van der Waals surface area contributed by atoms with Gasteiger partial charge in [0.05, 0.1) is 7.11 Å². The molecule has 0 amide bonds. The number of ether oxygens (including phenoxy) is 1. The van der Waals surface area contributed by atoms with Gasteiger partial charge in [-0.1, -0.05) is 0 Å². The molecule has 0 unspecified atom stereocenters. The summed E-state index contributed by atoms with van der Waals surface area (Å²) in [5, 5.41) is 8.06. The van der Waals surface area contributed by atoms with E-state index >= 15 is 0 Å². The number of fused-ring (bicyclic) bond motifs is 1. The first-order valence-electron chi connectivity index (χ1n) is 4.99. The molecule has 3 nitrogen and oxygen atoms in total. The summed E-state index contributed by atoms with van der Waals surface area (Å²) in [6, 6.07) is 5.97. The SMILES string of the molecule is COc1ccc2c(c1)C(C)(C)C(=N)N2C. The van der Waals surface area contributed by atoms with Crippen LogP contribution in [0.15, 0.2) is 18.2 Å². The zero-order valence-corrected chi connectivity index (χ0v) is 9.59. The van der Waals surface area contributed by atoms with Gasteiger partial charge in [-0.2, -0.15) is 0 Å². The topological polar surface area (TPSA) is 36.3 Å². The highest BCUT2D eigenvalue weighted by molar-refractivity contribution is 6.09. The zero-order valence-electron chi connectivity index (χ0n) is 9.59. The lowest BCUT2D eigenvalue weighted by Crippen LogP contribution is -2.32. The van der Waals surface area contributed by atoms with Crippen LogP contribution in [-0.2, 0) is 5.41 Å². The van der Waals surface area contributed by atoms with Crippen molar-refractivity contribution in [3.63, 3.8) is 0 Å². The number of methoxy groups -OCH3 is 1. The third-order valence-corrected chi connectivity index (χ3v) is 3.17. The maximum Gasteiger partial charge on any atom is 0.119 e. The van der Waals surface area contributed by atoms with Crippen molar-refractivity contribution < 1.29 is 4.74 Å². The van der Waals surface area contributed by atoms with Gasteiger partial charge in [-0.15, -0.1) is 0 Å². The number of hydrogen-bond acceptors (Lipinski definition) is 2. The molecule has 1 aromatic rings. The first-order chi connectivity index (χ1) is 6.98. The molecule has 1 aromatic carbocycles. The van der Waals surface area contributed by atoms with Gasteiger partial charge in [0.2, 0.25) is 0 Å². The number of nitrogens with zero attached hydrogens (tertiary/aromatic N) is 1. The Labute approximate surface area is 90.2 Å². The molecule has 0 saturated carbocycles. The molecule has 1 aliphatic heterocycles. The summed E-state index contributed by atoms with van der Waals surface area (Å²) in [5.74, 6) is 1.48. The number of hydrogen-bond donors (Lipinski definition) is 1. The summed E-state index contributed by atoms with van der Waals surface area (Å²) >= 11 is 0. The van der Waals surface area contributed by atoms with E-state index in [1.54, 1.807) is 7.11 Å². The van der Waals surface area contributed by atoms with E-state index in [4.69, 9.17) is 10.1 Å². The minimum Gasteiger partial charge on any atom is -0.497 e. The van der Waals surface area contributed by atoms with Crippen LogP contribution in [0.4, 0.5) is 5.69 Å². The summed E-state index contributed by atoms with van der Waals surface area (Å²) in [7, 11) is 3.60. The van der Waals surface area contributed by atoms with Crippen molar-refractivity contribution in [3.05, 3.63) is 23.8 Å². The Kier molecular flexibility index (Phi) is 2.00. The third kappa shape index (κ3) is 1.23. The summed E-state index contributed by atoms with van der Waals surface area (Å²) in [6.45, 7) is 4.13. The minimum atomic E-state index is -0.224. The standard InChI is InChI=1S/C12H16N2O/c1-12(2)9-7-8(15-4)5-6-10(9)14(3)11(12)13/h5-7,13H,1-4H3. The predicted octanol–water partition coefficient (Wildman–Crippen LogP) is 2.40. The molecule has 15 heavy (non-hydrogen) atoms. The Morgan fingerprint density at radius 3 is 2.60 bits per heavy atom. The third-order valence-electron chi connectivity index (χ3n) is 3.17. The van der Waals surface area contributed by atoms with Crippen LogP contribution >= 0.6 is 0 Å². The summed E-state index contributed by atoms with van der Waals surface area (Å²) in [4.78, 5) is 1.93. The molecule has 3 heteroatoms. The number of amidine groups is 1. The Hall–Kier alpha value is -1.51. The van der Waals surface area contributed by atoms with E-state index in [1.165, 1.54) is 0 Å². The van der Waals surface area contributed by atoms with Gasteiger partial charge in [0.1, 0.15) is 11.6 Å². The largest absolute Gasteiger partial charge is 0.497 e. The normalized spacial score (nSPS) is 17.9. The number of likely N-dealkylation sites (N-methyl/N-ethyl adjacent to an activating group) is 1. The molecule has 80 valence electrons. The van der Waals surface area contributed by atoms with E-state index < -0.39 is 0 Å². The van der Waals surface area contributed by atoms with Crippen molar-refractivity contribution in [2.24, 2.45) is 0 Å². The molecule has 0 aliphatic carbocycles. The van der Waals surface area contributed by atoms with Crippen LogP contribution in [0, 0.1) is 5.41 Å². The smallest absolute Gasteiger partial charge is 0.119 e. The number of nitrogens with one attached hydrogen (secondary N) is 1. The highest BCUT2D eigenvalue weighted by Gasteiger charge is 2.39. The molecule has 0 atom stereocenters. The van der Waals surface area contributed by atoms with Crippen LogP contribution < -0.4 is 9.64 Å². The maximum atomic E-state index is 8.06. The van der Waals surface area contributed by atoms with Crippen LogP contribution in [0.5, 0.6) is 5.75 Å². The molecule has 0 aromatic heterocycles. The van der Waals surface area contributed by atoms with Gasteiger partial charge < -0.3 is 9.64 Å². The van der Waals surface area contributed by atoms with Gasteiger partial charge in [-0.3, -0.25) is 5.41 Å². The second-order valence-corrected chi connectivity index (χ2v) is 4.42. The molecule has 2 rings (SSSR count). The van der Waals surface area contributed by atoms with Gasteiger partial charge in [0.15, 0.2) is 0 Å². The van der Waals surface area contributed by atoms with E-state index in [-0.39, 0.29) is 5.41 Å². The minimum absolute atomic E-state index is 0.224. The zero-order chi connectivity index (χ0) is 11.2. The molecule has 0 spiro atoms. The number of rotatable bonds is 1. The summed E-state index contributed by atoms with van der Waals surface area (Å²) in [6.07, 6.45) is 0. The predicted molar refractivity (Wildman–Crippen MR) is 62.1 cm³/mol. The maximum absolute atomic E-state index is 8.06. The van der Waals surface area contributed by atoms with Crippen LogP contribution in [0.3, 0.4) is 0 Å². The van der Waals surface area contributed by atoms with Crippen LogP contribution in [0.1, 0.15) is 19.4 Å². The second kappa shape index (κ2) is 2.99. The average Bonchev–Trinajstić information content (AvgIpc) is 2.40. The van der Waals surface area contributed by atoms with Gasteiger partial charge in [0, 0.05) is 18.2 Å². The number of anilines is 1. The highest BCUT2D eigenvalue weighted by Crippen LogP contribution is 2.42. The number of benzene rings is 1. The van der Waals surface area contributed by atoms with Crippen molar-refractivity contribution in [2.75, 3.05) is 19.1 Å². The molecule has 0 radical (unpaired) electrons. The lowest BCUT2D eigenvalue weighted by molar-refractivity contribution is 0.414. The van der Waals surface area contributed by atoms with Crippen molar-refractivity contribution >= 4 is 11.5 Å². The fourth-order valence-corrected chi connectivity index (χ4v) is 2.10. The first-order valence-corrected chi connectivity index (χ1v) is 4.99. The lowest BCUT2D eigenvalue weighted by Gasteiger charge is -2.20. The first kappa shape index (κ1) is 10.0. The highest BCUT2D eigenvalue weighted by atomic mass is 16.5. The van der Waals surface area contributed by atoms with Crippen LogP contribution in [0.2, 0.25) is 0 Å². The van der Waals surface area contributed by atoms with E-state index in [1.807, 2.05) is 30.1 Å². The van der Waals surface area contributed by atoms with Crippen molar-refractivity contribution in [1.29, 1.82) is 5.41 Å². The molecule has 1 N–H and O–H groups in total. The monoisotopic (exact) mass is 204 g/mol. The van der Waals surface area contributed by atoms with Crippen LogP contribution in [0.25, 0.3) is 0 Å². The summed E-state index contributed by atoms with van der Waals surface area (Å²) < 4.78 is 5.21. The Morgan fingerprint density at radius 2 is 2.00 bits per heavy atom. The van der Waals surface area contributed by atoms with Gasteiger partial charge in [-0.25, -0.2) is 0 Å². The molecule has 0 saturated heterocycles. The van der Waals surface area contributed by atoms with Crippen LogP contribution in [-0.4, -0.2) is 20.0 Å². The van der Waals surface area contributed by atoms with E-state index in [0.29, 0.717) is 5.84 Å². The molecule has 0 fully saturated rings. The van der Waals surface area contributed by atoms with E-state index in [9.17, 15) is 0 Å². The van der Waals surface area contributed by atoms with E-state index in [2.05, 4.69) is 13.8 Å². The average molecular weight is 204 g/mol. The molecule has 0 bridgehead atoms. The fourth-order valence-electron chi connectivity index (χ4n) is 2.10. The lowest BCUT2D eigenvalue weighted by atomic mass is 9.86. The van der Waals surface area contributed by atoms with Gasteiger partial charge in [-0.05, 0) is 37.6 Å².